The van der Waals surface area contributed by atoms with Crippen molar-refractivity contribution in [3.63, 3.8) is 0 Å². The van der Waals surface area contributed by atoms with E-state index in [9.17, 15) is 9.18 Å². The molecule has 0 aromatic carbocycles. The van der Waals surface area contributed by atoms with Crippen molar-refractivity contribution < 1.29 is 13.7 Å². The third-order valence-electron chi connectivity index (χ3n) is 5.39. The molecule has 1 N–H and O–H groups in total. The highest BCUT2D eigenvalue weighted by molar-refractivity contribution is 5.53. The van der Waals surface area contributed by atoms with E-state index < -0.39 is 11.6 Å². The Labute approximate surface area is 149 Å². The van der Waals surface area contributed by atoms with Gasteiger partial charge in [-0.3, -0.25) is 4.79 Å². The van der Waals surface area contributed by atoms with E-state index in [1.807, 2.05) is 26.0 Å². The molecule has 0 bridgehead atoms. The molecule has 1 saturated carbocycles. The Hall–Kier alpha value is -2.70. The maximum absolute atomic E-state index is 14.5. The molecular formula is C19H20FN3O3. The minimum Gasteiger partial charge on any atom is -0.460 e. The minimum atomic E-state index is -0.968. The number of nitrogens with zero attached hydrogens (tertiary/aromatic N) is 2. The molecule has 7 heteroatoms. The maximum atomic E-state index is 14.5. The molecule has 1 fully saturated rings. The number of halogens is 1. The Morgan fingerprint density at radius 3 is 2.69 bits per heavy atom. The normalized spacial score (nSPS) is 30.6. The van der Waals surface area contributed by atoms with E-state index >= 15 is 0 Å². The predicted molar refractivity (Wildman–Crippen MR) is 93.4 cm³/mol. The molecule has 2 heterocycles. The molecule has 2 atom stereocenters. The van der Waals surface area contributed by atoms with Gasteiger partial charge in [0.25, 0.3) is 5.56 Å². The van der Waals surface area contributed by atoms with E-state index in [0.29, 0.717) is 11.3 Å². The summed E-state index contributed by atoms with van der Waals surface area (Å²) in [5, 5.41) is 2.22. The average Bonchev–Trinajstić information content (AvgIpc) is 3.01. The summed E-state index contributed by atoms with van der Waals surface area (Å²) < 4.78 is 25.3. The van der Waals surface area contributed by atoms with Gasteiger partial charge in [0.05, 0.1) is 11.6 Å². The highest BCUT2D eigenvalue weighted by atomic mass is 19.1. The van der Waals surface area contributed by atoms with Gasteiger partial charge in [-0.1, -0.05) is 24.6 Å². The lowest BCUT2D eigenvalue weighted by atomic mass is 9.61. The number of hydrogen-bond donors (Lipinski definition) is 1. The molecule has 136 valence electrons. The van der Waals surface area contributed by atoms with Crippen molar-refractivity contribution in [2.45, 2.75) is 39.0 Å². The maximum Gasteiger partial charge on any atom is 0.316 e. The zero-order valence-electron chi connectivity index (χ0n) is 14.6. The van der Waals surface area contributed by atoms with Crippen LogP contribution in [-0.2, 0) is 0 Å². The number of alkyl halides is 1. The van der Waals surface area contributed by atoms with Gasteiger partial charge in [0.15, 0.2) is 5.76 Å². The molecule has 0 spiro atoms. The second-order valence-corrected chi connectivity index (χ2v) is 7.25. The van der Waals surface area contributed by atoms with Gasteiger partial charge in [-0.05, 0) is 31.8 Å². The molecule has 0 amide bonds. The summed E-state index contributed by atoms with van der Waals surface area (Å²) >= 11 is 0. The summed E-state index contributed by atoms with van der Waals surface area (Å²) in [5.41, 5.74) is 0.760. The van der Waals surface area contributed by atoms with Crippen LogP contribution in [0.25, 0.3) is 11.3 Å². The second-order valence-electron chi connectivity index (χ2n) is 7.25. The third kappa shape index (κ3) is 2.98. The van der Waals surface area contributed by atoms with Crippen LogP contribution in [0.3, 0.4) is 0 Å². The number of aromatic amines is 1. The van der Waals surface area contributed by atoms with Crippen LogP contribution in [-0.4, -0.2) is 27.4 Å². The summed E-state index contributed by atoms with van der Waals surface area (Å²) in [6.07, 6.45) is 9.32. The number of rotatable bonds is 4. The average molecular weight is 357 g/mol. The Morgan fingerprint density at radius 1 is 1.35 bits per heavy atom. The SMILES string of the molecule is CC1=CC(F)C(C)(C2CC(Oc3ncc(-c4cc(=O)[nH]o4)cn3)C2)C=C1. The van der Waals surface area contributed by atoms with Gasteiger partial charge in [-0.15, -0.1) is 0 Å². The van der Waals surface area contributed by atoms with Crippen LogP contribution in [0.15, 0.2) is 51.6 Å². The largest absolute Gasteiger partial charge is 0.460 e. The van der Waals surface area contributed by atoms with Crippen LogP contribution in [0, 0.1) is 11.3 Å². The summed E-state index contributed by atoms with van der Waals surface area (Å²) in [7, 11) is 0. The molecule has 2 aromatic rings. The summed E-state index contributed by atoms with van der Waals surface area (Å²) in [6, 6.07) is 1.60. The molecule has 2 aliphatic carbocycles. The van der Waals surface area contributed by atoms with Gasteiger partial charge >= 0.3 is 6.01 Å². The molecule has 4 rings (SSSR count). The lowest BCUT2D eigenvalue weighted by Gasteiger charge is -2.47. The molecule has 2 aliphatic rings. The standard InChI is InChI=1S/C19H20FN3O3/c1-11-3-4-19(2,16(20)5-11)13-6-14(7-13)25-18-21-9-12(10-22-18)15-8-17(24)23-26-15/h3-5,8-10,13-14,16H,6-7H2,1-2H3,(H,23,24). The molecule has 6 nitrogen and oxygen atoms in total. The molecule has 26 heavy (non-hydrogen) atoms. The van der Waals surface area contributed by atoms with E-state index in [-0.39, 0.29) is 23.6 Å². The number of H-pyrrole nitrogens is 1. The summed E-state index contributed by atoms with van der Waals surface area (Å²) in [6.45, 7) is 3.88. The van der Waals surface area contributed by atoms with E-state index in [4.69, 9.17) is 9.26 Å². The Kier molecular flexibility index (Phi) is 4.01. The van der Waals surface area contributed by atoms with Crippen LogP contribution in [0.2, 0.25) is 0 Å². The van der Waals surface area contributed by atoms with Crippen molar-refractivity contribution in [1.82, 2.24) is 15.1 Å². The smallest absolute Gasteiger partial charge is 0.316 e. The highest BCUT2D eigenvalue weighted by Gasteiger charge is 2.47. The lowest BCUT2D eigenvalue weighted by molar-refractivity contribution is -0.0166. The molecular weight excluding hydrogens is 337 g/mol. The van der Waals surface area contributed by atoms with Gasteiger partial charge in [-0.2, -0.15) is 5.16 Å². The van der Waals surface area contributed by atoms with Crippen LogP contribution in [0.4, 0.5) is 4.39 Å². The van der Waals surface area contributed by atoms with E-state index in [1.165, 1.54) is 6.07 Å². The first-order chi connectivity index (χ1) is 12.4. The van der Waals surface area contributed by atoms with E-state index in [2.05, 4.69) is 15.1 Å². The van der Waals surface area contributed by atoms with Crippen LogP contribution in [0.5, 0.6) is 6.01 Å². The lowest BCUT2D eigenvalue weighted by Crippen LogP contribution is -2.47. The molecule has 2 aromatic heterocycles. The second kappa shape index (κ2) is 6.23. The van der Waals surface area contributed by atoms with Crippen molar-refractivity contribution >= 4 is 0 Å². The van der Waals surface area contributed by atoms with Crippen molar-refractivity contribution in [2.75, 3.05) is 0 Å². The quantitative estimate of drug-likeness (QED) is 0.906. The van der Waals surface area contributed by atoms with Crippen LogP contribution < -0.4 is 10.3 Å². The molecule has 0 saturated heterocycles. The van der Waals surface area contributed by atoms with Crippen LogP contribution >= 0.6 is 0 Å². The van der Waals surface area contributed by atoms with Gasteiger partial charge < -0.3 is 9.26 Å². The zero-order chi connectivity index (χ0) is 18.3. The topological polar surface area (TPSA) is 81.0 Å². The highest BCUT2D eigenvalue weighted by Crippen LogP contribution is 2.49. The van der Waals surface area contributed by atoms with E-state index in [0.717, 1.165) is 18.4 Å². The number of ether oxygens (including phenoxy) is 1. The van der Waals surface area contributed by atoms with Crippen molar-refractivity contribution in [2.24, 2.45) is 11.3 Å². The number of nitrogens with one attached hydrogen (secondary N) is 1. The zero-order valence-corrected chi connectivity index (χ0v) is 14.6. The molecule has 0 radical (unpaired) electrons. The number of hydrogen-bond acceptors (Lipinski definition) is 5. The predicted octanol–water partition coefficient (Wildman–Crippen LogP) is 3.44. The van der Waals surface area contributed by atoms with E-state index in [1.54, 1.807) is 18.5 Å². The number of aromatic nitrogens is 3. The molecule has 2 unspecified atom stereocenters. The fourth-order valence-electron chi connectivity index (χ4n) is 3.48. The number of allylic oxidation sites excluding steroid dienone is 4. The van der Waals surface area contributed by atoms with Crippen molar-refractivity contribution in [1.29, 1.82) is 0 Å². The Bertz CT molecular complexity index is 909. The third-order valence-corrected chi connectivity index (χ3v) is 5.39. The summed E-state index contributed by atoms with van der Waals surface area (Å²) in [4.78, 5) is 19.4. The van der Waals surface area contributed by atoms with Gasteiger partial charge in [0.2, 0.25) is 0 Å². The molecule has 0 aliphatic heterocycles. The monoisotopic (exact) mass is 357 g/mol. The summed E-state index contributed by atoms with van der Waals surface area (Å²) in [5.74, 6) is 0.608. The van der Waals surface area contributed by atoms with Crippen LogP contribution in [0.1, 0.15) is 26.7 Å². The first-order valence-electron chi connectivity index (χ1n) is 8.63. The first kappa shape index (κ1) is 16.8. The first-order valence-corrected chi connectivity index (χ1v) is 8.63. The van der Waals surface area contributed by atoms with Crippen molar-refractivity contribution in [3.05, 3.63) is 52.6 Å². The Morgan fingerprint density at radius 2 is 2.08 bits per heavy atom. The van der Waals surface area contributed by atoms with Gasteiger partial charge in [-0.25, -0.2) is 14.4 Å². The Balaban J connectivity index is 1.36. The van der Waals surface area contributed by atoms with Crippen molar-refractivity contribution in [3.8, 4) is 17.3 Å². The fraction of sp³-hybridized carbons (Fsp3) is 0.421. The van der Waals surface area contributed by atoms with Gasteiger partial charge in [0, 0.05) is 17.8 Å². The minimum absolute atomic E-state index is 0.0135. The fourth-order valence-corrected chi connectivity index (χ4v) is 3.48. The van der Waals surface area contributed by atoms with Gasteiger partial charge in [0.1, 0.15) is 12.3 Å².